The van der Waals surface area contributed by atoms with Gasteiger partial charge in [0, 0.05) is 12.0 Å². The molecule has 0 spiro atoms. The number of rotatable bonds is 6. The summed E-state index contributed by atoms with van der Waals surface area (Å²) in [4.78, 5) is 20.2. The highest BCUT2D eigenvalue weighted by molar-refractivity contribution is 6.30. The zero-order valence-corrected chi connectivity index (χ0v) is 12.7. The molecule has 0 saturated carbocycles. The van der Waals surface area contributed by atoms with Crippen molar-refractivity contribution in [1.82, 2.24) is 15.3 Å². The fourth-order valence-electron chi connectivity index (χ4n) is 1.69. The van der Waals surface area contributed by atoms with Crippen molar-refractivity contribution in [3.05, 3.63) is 40.7 Å². The molecule has 2 N–H and O–H groups in total. The van der Waals surface area contributed by atoms with Crippen LogP contribution in [-0.4, -0.2) is 22.4 Å². The lowest BCUT2D eigenvalue weighted by atomic mass is 10.3. The van der Waals surface area contributed by atoms with E-state index < -0.39 is 0 Å². The molecule has 0 unspecified atom stereocenters. The summed E-state index contributed by atoms with van der Waals surface area (Å²) in [7, 11) is 0. The van der Waals surface area contributed by atoms with Gasteiger partial charge in [0.15, 0.2) is 0 Å². The number of furan rings is 1. The van der Waals surface area contributed by atoms with E-state index in [0.717, 1.165) is 5.56 Å². The van der Waals surface area contributed by atoms with Gasteiger partial charge in [-0.2, -0.15) is 0 Å². The Morgan fingerprint density at radius 3 is 2.90 bits per heavy atom. The molecule has 112 valence electrons. The number of carbonyl (C=O) groups is 1. The first kappa shape index (κ1) is 15.3. The molecule has 6 nitrogen and oxygen atoms in total. The van der Waals surface area contributed by atoms with Gasteiger partial charge in [-0.25, -0.2) is 9.97 Å². The van der Waals surface area contributed by atoms with Gasteiger partial charge in [0.2, 0.25) is 5.91 Å². The molecule has 1 amide bonds. The van der Waals surface area contributed by atoms with E-state index in [1.54, 1.807) is 18.4 Å². The molecule has 0 bridgehead atoms. The van der Waals surface area contributed by atoms with E-state index in [2.05, 4.69) is 20.6 Å². The Balaban J connectivity index is 1.90. The molecule has 2 aromatic heterocycles. The number of anilines is 1. The summed E-state index contributed by atoms with van der Waals surface area (Å²) in [6.07, 6.45) is 2.25. The summed E-state index contributed by atoms with van der Waals surface area (Å²) in [5.41, 5.74) is 0.729. The summed E-state index contributed by atoms with van der Waals surface area (Å²) >= 11 is 6.04. The van der Waals surface area contributed by atoms with E-state index in [0.29, 0.717) is 35.5 Å². The molecule has 0 aliphatic heterocycles. The molecular formula is C14H17ClN4O2. The van der Waals surface area contributed by atoms with Gasteiger partial charge in [0.25, 0.3) is 0 Å². The van der Waals surface area contributed by atoms with Gasteiger partial charge in [-0.1, -0.05) is 18.5 Å². The quantitative estimate of drug-likeness (QED) is 0.801. The van der Waals surface area contributed by atoms with Crippen molar-refractivity contribution in [3.8, 4) is 0 Å². The molecule has 0 aliphatic carbocycles. The maximum atomic E-state index is 11.8. The largest absolute Gasteiger partial charge is 0.467 e. The summed E-state index contributed by atoms with van der Waals surface area (Å²) in [5, 5.41) is 6.13. The Labute approximate surface area is 127 Å². The van der Waals surface area contributed by atoms with Crippen molar-refractivity contribution in [2.45, 2.75) is 26.8 Å². The van der Waals surface area contributed by atoms with Gasteiger partial charge < -0.3 is 15.1 Å². The summed E-state index contributed by atoms with van der Waals surface area (Å²) in [6.45, 7) is 4.22. The molecule has 0 aliphatic rings. The van der Waals surface area contributed by atoms with Crippen LogP contribution in [0.25, 0.3) is 0 Å². The van der Waals surface area contributed by atoms with E-state index in [4.69, 9.17) is 16.0 Å². The number of aromatic nitrogens is 2. The van der Waals surface area contributed by atoms with Gasteiger partial charge in [0.1, 0.15) is 22.6 Å². The lowest BCUT2D eigenvalue weighted by Crippen LogP contribution is -2.29. The molecule has 0 atom stereocenters. The van der Waals surface area contributed by atoms with Crippen LogP contribution in [0.2, 0.25) is 5.15 Å². The van der Waals surface area contributed by atoms with Crippen LogP contribution in [0.3, 0.4) is 0 Å². The lowest BCUT2D eigenvalue weighted by Gasteiger charge is -2.10. The van der Waals surface area contributed by atoms with Gasteiger partial charge in [-0.05, 0) is 19.1 Å². The standard InChI is InChI=1S/C14H17ClN4O2/c1-3-11-18-13(15)9(2)14(19-11)17-8-12(20)16-7-10-5-4-6-21-10/h4-6H,3,7-8H2,1-2H3,(H,16,20)(H,17,18,19). The predicted molar refractivity (Wildman–Crippen MR) is 80.2 cm³/mol. The van der Waals surface area contributed by atoms with E-state index in [1.165, 1.54) is 0 Å². The van der Waals surface area contributed by atoms with E-state index >= 15 is 0 Å². The average molecular weight is 309 g/mol. The number of nitrogens with one attached hydrogen (secondary N) is 2. The predicted octanol–water partition coefficient (Wildman–Crippen LogP) is 2.32. The van der Waals surface area contributed by atoms with E-state index in [-0.39, 0.29) is 12.5 Å². The number of amides is 1. The normalized spacial score (nSPS) is 10.4. The Morgan fingerprint density at radius 2 is 2.24 bits per heavy atom. The Bertz CT molecular complexity index is 614. The van der Waals surface area contributed by atoms with Crippen LogP contribution in [0.5, 0.6) is 0 Å². The van der Waals surface area contributed by atoms with Crippen molar-refractivity contribution >= 4 is 23.3 Å². The molecule has 0 fully saturated rings. The zero-order valence-electron chi connectivity index (χ0n) is 11.9. The minimum Gasteiger partial charge on any atom is -0.467 e. The Hall–Kier alpha value is -2.08. The van der Waals surface area contributed by atoms with Crippen molar-refractivity contribution in [2.24, 2.45) is 0 Å². The third kappa shape index (κ3) is 4.19. The highest BCUT2D eigenvalue weighted by Gasteiger charge is 2.10. The van der Waals surface area contributed by atoms with Gasteiger partial charge in [0.05, 0.1) is 19.4 Å². The summed E-state index contributed by atoms with van der Waals surface area (Å²) < 4.78 is 5.14. The third-order valence-electron chi connectivity index (χ3n) is 2.91. The highest BCUT2D eigenvalue weighted by Crippen LogP contribution is 2.19. The minimum atomic E-state index is -0.154. The first-order chi connectivity index (χ1) is 10.1. The van der Waals surface area contributed by atoms with Crippen LogP contribution in [0, 0.1) is 6.92 Å². The highest BCUT2D eigenvalue weighted by atomic mass is 35.5. The number of hydrogen-bond acceptors (Lipinski definition) is 5. The number of carbonyl (C=O) groups excluding carboxylic acids is 1. The second-order valence-corrected chi connectivity index (χ2v) is 4.83. The van der Waals surface area contributed by atoms with Crippen LogP contribution in [0.15, 0.2) is 22.8 Å². The molecule has 2 aromatic rings. The lowest BCUT2D eigenvalue weighted by molar-refractivity contribution is -0.119. The monoisotopic (exact) mass is 308 g/mol. The fourth-order valence-corrected chi connectivity index (χ4v) is 1.88. The van der Waals surface area contributed by atoms with Gasteiger partial charge in [-0.3, -0.25) is 4.79 Å². The summed E-state index contributed by atoms with van der Waals surface area (Å²) in [5.74, 6) is 1.78. The maximum absolute atomic E-state index is 11.8. The van der Waals surface area contributed by atoms with Crippen molar-refractivity contribution in [1.29, 1.82) is 0 Å². The van der Waals surface area contributed by atoms with Gasteiger partial charge in [-0.15, -0.1) is 0 Å². The average Bonchev–Trinajstić information content (AvgIpc) is 2.99. The number of nitrogens with zero attached hydrogens (tertiary/aromatic N) is 2. The zero-order chi connectivity index (χ0) is 15.2. The third-order valence-corrected chi connectivity index (χ3v) is 3.27. The van der Waals surface area contributed by atoms with Crippen molar-refractivity contribution in [3.63, 3.8) is 0 Å². The van der Waals surface area contributed by atoms with E-state index in [1.807, 2.05) is 13.8 Å². The van der Waals surface area contributed by atoms with Crippen LogP contribution in [0.4, 0.5) is 5.82 Å². The smallest absolute Gasteiger partial charge is 0.239 e. The van der Waals surface area contributed by atoms with Crippen molar-refractivity contribution in [2.75, 3.05) is 11.9 Å². The first-order valence-electron chi connectivity index (χ1n) is 6.66. The minimum absolute atomic E-state index is 0.109. The topological polar surface area (TPSA) is 80.0 Å². The molecule has 0 radical (unpaired) electrons. The van der Waals surface area contributed by atoms with Crippen LogP contribution >= 0.6 is 11.6 Å². The van der Waals surface area contributed by atoms with Gasteiger partial charge >= 0.3 is 0 Å². The molecule has 0 saturated heterocycles. The van der Waals surface area contributed by atoms with E-state index in [9.17, 15) is 4.79 Å². The molecule has 2 heterocycles. The van der Waals surface area contributed by atoms with Crippen LogP contribution in [0.1, 0.15) is 24.1 Å². The maximum Gasteiger partial charge on any atom is 0.239 e. The van der Waals surface area contributed by atoms with Crippen LogP contribution < -0.4 is 10.6 Å². The number of aryl methyl sites for hydroxylation is 1. The number of hydrogen-bond donors (Lipinski definition) is 2. The van der Waals surface area contributed by atoms with Crippen molar-refractivity contribution < 1.29 is 9.21 Å². The number of halogens is 1. The second-order valence-electron chi connectivity index (χ2n) is 4.47. The Morgan fingerprint density at radius 1 is 1.43 bits per heavy atom. The Kier molecular flexibility index (Phi) is 5.16. The molecule has 21 heavy (non-hydrogen) atoms. The molecular weight excluding hydrogens is 292 g/mol. The summed E-state index contributed by atoms with van der Waals surface area (Å²) in [6, 6.07) is 3.58. The van der Waals surface area contributed by atoms with Crippen LogP contribution in [-0.2, 0) is 17.8 Å². The molecule has 2 rings (SSSR count). The second kappa shape index (κ2) is 7.08. The SMILES string of the molecule is CCc1nc(Cl)c(C)c(NCC(=O)NCc2ccco2)n1. The molecule has 0 aromatic carbocycles. The fraction of sp³-hybridized carbons (Fsp3) is 0.357. The molecule has 7 heteroatoms. The first-order valence-corrected chi connectivity index (χ1v) is 7.04.